The zero-order chi connectivity index (χ0) is 28.2. The van der Waals surface area contributed by atoms with Gasteiger partial charge in [-0.15, -0.1) is 0 Å². The second-order valence-corrected chi connectivity index (χ2v) is 11.0. The Morgan fingerprint density at radius 3 is 2.45 bits per heavy atom. The molecule has 0 spiro atoms. The molecule has 1 saturated heterocycles. The number of amides is 2. The molecule has 204 valence electrons. The van der Waals surface area contributed by atoms with Crippen LogP contribution < -0.4 is 5.32 Å². The summed E-state index contributed by atoms with van der Waals surface area (Å²) in [6.07, 6.45) is 8.21. The number of likely N-dealkylation sites (tertiary alicyclic amines) is 1. The first-order chi connectivity index (χ1) is 19.1. The van der Waals surface area contributed by atoms with Crippen molar-refractivity contribution in [2.24, 2.45) is 5.41 Å². The van der Waals surface area contributed by atoms with Crippen molar-refractivity contribution in [1.82, 2.24) is 39.9 Å². The van der Waals surface area contributed by atoms with Gasteiger partial charge >= 0.3 is 0 Å². The molecule has 0 unspecified atom stereocenters. The van der Waals surface area contributed by atoms with Crippen LogP contribution in [0.25, 0.3) is 22.0 Å². The van der Waals surface area contributed by atoms with Crippen LogP contribution in [0.15, 0.2) is 43.0 Å². The van der Waals surface area contributed by atoms with Crippen molar-refractivity contribution < 1.29 is 14.4 Å². The molecular weight excluding hydrogens is 508 g/mol. The highest BCUT2D eigenvalue weighted by molar-refractivity contribution is 6.07. The monoisotopic (exact) mass is 538 g/mol. The first-order valence-corrected chi connectivity index (χ1v) is 13.3. The van der Waals surface area contributed by atoms with Gasteiger partial charge in [0.25, 0.3) is 0 Å². The SMILES string of the molecule is CC(=O)c1nn(CC(=O)N2[C@H](C(=O)NCc3ncccn3)C[C@@]3(C)C[C@@H]23)c2c(C)cc(-c3cnc(C)nc3)cc12. The van der Waals surface area contributed by atoms with Gasteiger partial charge in [-0.1, -0.05) is 6.92 Å². The summed E-state index contributed by atoms with van der Waals surface area (Å²) in [5.41, 5.74) is 3.51. The van der Waals surface area contributed by atoms with Gasteiger partial charge in [-0.2, -0.15) is 5.10 Å². The minimum absolute atomic E-state index is 0.00654. The van der Waals surface area contributed by atoms with Crippen molar-refractivity contribution in [3.8, 4) is 11.1 Å². The first kappa shape index (κ1) is 25.7. The standard InChI is InChI=1S/C29H30N8O3/c1-16-8-19(20-12-32-18(3)33-13-20)9-21-26(17(2)38)35-36(27(16)21)15-25(39)37-22(10-29(4)11-23(29)37)28(40)34-14-24-30-6-5-7-31-24/h5-9,12-13,22-23H,10-11,14-15H2,1-4H3,(H,34,40)/t22-,23+,29-/m0/s1. The van der Waals surface area contributed by atoms with Crippen LogP contribution in [0.5, 0.6) is 0 Å². The number of aryl methyl sites for hydroxylation is 2. The lowest BCUT2D eigenvalue weighted by Crippen LogP contribution is -2.48. The van der Waals surface area contributed by atoms with Crippen LogP contribution in [0.2, 0.25) is 0 Å². The molecule has 6 rings (SSSR count). The molecule has 3 atom stereocenters. The van der Waals surface area contributed by atoms with E-state index in [1.807, 2.05) is 26.0 Å². The summed E-state index contributed by atoms with van der Waals surface area (Å²) in [7, 11) is 0. The van der Waals surface area contributed by atoms with Gasteiger partial charge in [0.15, 0.2) is 5.78 Å². The number of hydrogen-bond acceptors (Lipinski definition) is 8. The van der Waals surface area contributed by atoms with Gasteiger partial charge in [0.2, 0.25) is 11.8 Å². The lowest BCUT2D eigenvalue weighted by molar-refractivity contribution is -0.140. The number of piperidine rings is 1. The molecule has 3 aromatic heterocycles. The van der Waals surface area contributed by atoms with Crippen LogP contribution in [0, 0.1) is 19.3 Å². The summed E-state index contributed by atoms with van der Waals surface area (Å²) in [6, 6.07) is 5.03. The summed E-state index contributed by atoms with van der Waals surface area (Å²) >= 11 is 0. The van der Waals surface area contributed by atoms with Crippen LogP contribution in [-0.4, -0.2) is 64.3 Å². The van der Waals surface area contributed by atoms with E-state index < -0.39 is 6.04 Å². The number of aromatic nitrogens is 6. The largest absolute Gasteiger partial charge is 0.347 e. The van der Waals surface area contributed by atoms with Crippen LogP contribution in [0.1, 0.15) is 54.4 Å². The number of hydrogen-bond donors (Lipinski definition) is 1. The highest BCUT2D eigenvalue weighted by atomic mass is 16.2. The molecule has 2 amide bonds. The molecule has 4 heterocycles. The van der Waals surface area contributed by atoms with Gasteiger partial charge in [0.05, 0.1) is 12.1 Å². The summed E-state index contributed by atoms with van der Waals surface area (Å²) in [6.45, 7) is 7.46. The molecule has 1 aromatic carbocycles. The van der Waals surface area contributed by atoms with Crippen molar-refractivity contribution in [3.05, 3.63) is 65.9 Å². The zero-order valence-electron chi connectivity index (χ0n) is 22.9. The number of ketones is 1. The van der Waals surface area contributed by atoms with Gasteiger partial charge in [-0.3, -0.25) is 19.1 Å². The van der Waals surface area contributed by atoms with Crippen molar-refractivity contribution in [2.45, 2.75) is 65.7 Å². The number of nitrogens with zero attached hydrogens (tertiary/aromatic N) is 7. The van der Waals surface area contributed by atoms with Gasteiger partial charge in [-0.05, 0) is 61.4 Å². The fourth-order valence-corrected chi connectivity index (χ4v) is 5.89. The maximum atomic E-state index is 13.8. The summed E-state index contributed by atoms with van der Waals surface area (Å²) in [5, 5.41) is 8.15. The Labute approximate surface area is 231 Å². The molecule has 0 radical (unpaired) electrons. The Morgan fingerprint density at radius 1 is 1.02 bits per heavy atom. The summed E-state index contributed by atoms with van der Waals surface area (Å²) < 4.78 is 1.60. The third-order valence-electron chi connectivity index (χ3n) is 8.03. The quantitative estimate of drug-likeness (QED) is 0.355. The molecule has 40 heavy (non-hydrogen) atoms. The number of benzene rings is 1. The minimum atomic E-state index is -0.580. The van der Waals surface area contributed by atoms with Gasteiger partial charge < -0.3 is 10.2 Å². The zero-order valence-corrected chi connectivity index (χ0v) is 22.9. The molecular formula is C29H30N8O3. The van der Waals surface area contributed by atoms with Crippen molar-refractivity contribution in [1.29, 1.82) is 0 Å². The molecule has 4 aromatic rings. The van der Waals surface area contributed by atoms with Crippen LogP contribution in [-0.2, 0) is 22.7 Å². The molecule has 0 bridgehead atoms. The smallest absolute Gasteiger partial charge is 0.245 e. The minimum Gasteiger partial charge on any atom is -0.347 e. The van der Waals surface area contributed by atoms with E-state index in [1.165, 1.54) is 6.92 Å². The maximum absolute atomic E-state index is 13.8. The van der Waals surface area contributed by atoms with E-state index in [9.17, 15) is 14.4 Å². The molecule has 1 N–H and O–H groups in total. The molecule has 11 heteroatoms. The van der Waals surface area contributed by atoms with Crippen molar-refractivity contribution in [3.63, 3.8) is 0 Å². The van der Waals surface area contributed by atoms with E-state index in [0.29, 0.717) is 29.1 Å². The lowest BCUT2D eigenvalue weighted by Gasteiger charge is -2.27. The normalized spacial score (nSPS) is 21.4. The fourth-order valence-electron chi connectivity index (χ4n) is 5.89. The molecule has 1 aliphatic heterocycles. The lowest BCUT2D eigenvalue weighted by atomic mass is 10.0. The number of carbonyl (C=O) groups excluding carboxylic acids is 3. The average molecular weight is 539 g/mol. The van der Waals surface area contributed by atoms with E-state index in [1.54, 1.807) is 40.4 Å². The second-order valence-electron chi connectivity index (χ2n) is 11.0. The highest BCUT2D eigenvalue weighted by Crippen LogP contribution is 2.59. The van der Waals surface area contributed by atoms with Crippen LogP contribution >= 0.6 is 0 Å². The average Bonchev–Trinajstić information content (AvgIpc) is 3.29. The Balaban J connectivity index is 1.29. The first-order valence-electron chi connectivity index (χ1n) is 13.3. The Hall–Kier alpha value is -4.54. The van der Waals surface area contributed by atoms with E-state index >= 15 is 0 Å². The highest BCUT2D eigenvalue weighted by Gasteiger charge is 2.64. The Morgan fingerprint density at radius 2 is 1.75 bits per heavy atom. The van der Waals surface area contributed by atoms with Gasteiger partial charge in [0, 0.05) is 48.7 Å². The molecule has 1 saturated carbocycles. The van der Waals surface area contributed by atoms with Crippen LogP contribution in [0.3, 0.4) is 0 Å². The molecule has 11 nitrogen and oxygen atoms in total. The number of rotatable bonds is 7. The van der Waals surface area contributed by atoms with E-state index in [0.717, 1.165) is 28.6 Å². The van der Waals surface area contributed by atoms with E-state index in [4.69, 9.17) is 0 Å². The number of Topliss-reactive ketones (excluding diaryl/α,β-unsaturated/α-hetero) is 1. The number of nitrogens with one attached hydrogen (secondary N) is 1. The third-order valence-corrected chi connectivity index (χ3v) is 8.03. The summed E-state index contributed by atoms with van der Waals surface area (Å²) in [4.78, 5) is 58.2. The van der Waals surface area contributed by atoms with Gasteiger partial charge in [0.1, 0.15) is 29.9 Å². The van der Waals surface area contributed by atoms with E-state index in [-0.39, 0.29) is 42.1 Å². The predicted octanol–water partition coefficient (Wildman–Crippen LogP) is 2.80. The van der Waals surface area contributed by atoms with E-state index in [2.05, 4.69) is 37.3 Å². The predicted molar refractivity (Wildman–Crippen MR) is 146 cm³/mol. The molecule has 1 aliphatic carbocycles. The fraction of sp³-hybridized carbons (Fsp3) is 0.379. The Bertz CT molecular complexity index is 1650. The molecule has 2 fully saturated rings. The maximum Gasteiger partial charge on any atom is 0.245 e. The van der Waals surface area contributed by atoms with Gasteiger partial charge in [-0.25, -0.2) is 19.9 Å². The second kappa shape index (κ2) is 9.58. The number of fused-ring (bicyclic) bond motifs is 2. The Kier molecular flexibility index (Phi) is 6.16. The van der Waals surface area contributed by atoms with Crippen molar-refractivity contribution in [2.75, 3.05) is 0 Å². The third kappa shape index (κ3) is 4.51. The van der Waals surface area contributed by atoms with Crippen molar-refractivity contribution >= 4 is 28.5 Å². The molecule has 2 aliphatic rings. The number of carbonyl (C=O) groups is 3. The topological polar surface area (TPSA) is 136 Å². The summed E-state index contributed by atoms with van der Waals surface area (Å²) in [5.74, 6) is 0.577. The van der Waals surface area contributed by atoms with Crippen LogP contribution in [0.4, 0.5) is 0 Å².